The Bertz CT molecular complexity index is 1130. The first-order valence-corrected chi connectivity index (χ1v) is 22.0. The summed E-state index contributed by atoms with van der Waals surface area (Å²) in [5.74, 6) is -0.615. The maximum absolute atomic E-state index is 13.1. The lowest BCUT2D eigenvalue weighted by atomic mass is 10.0. The smallest absolute Gasteiger partial charge is 0.306 e. The first-order chi connectivity index (χ1) is 27.0. The van der Waals surface area contributed by atoms with Gasteiger partial charge in [-0.3, -0.25) is 9.59 Å². The van der Waals surface area contributed by atoms with Crippen molar-refractivity contribution < 1.29 is 24.5 Å². The first-order valence-electron chi connectivity index (χ1n) is 22.0. The molecule has 0 aliphatic heterocycles. The Morgan fingerprint density at radius 1 is 0.564 bits per heavy atom. The molecule has 0 radical (unpaired) electrons. The molecule has 0 heterocycles. The molecule has 0 fully saturated rings. The van der Waals surface area contributed by atoms with Gasteiger partial charge in [0.25, 0.3) is 0 Å². The van der Waals surface area contributed by atoms with Crippen LogP contribution in [0.3, 0.4) is 0 Å². The number of carbonyl (C=O) groups is 2. The standard InChI is InChI=1S/C49H81NO5/c1-4-7-10-13-16-19-22-24-27-30-33-36-39-42-49(54)55-45(40-37-34-31-28-26-23-20-17-14-11-8-5-2)43-48(53)50-46(44-51)47(52)41-38-35-32-29-25-21-18-15-12-9-6-3/h7-8,10-11,13,16-17,19-20,22,24,26-28,30,33,45-47,51-52H,4-6,9,12,14-15,18,21,23,25,29,31-32,34-44H2,1-3H3,(H,50,53)/b10-7+,11-8+,16-13+,20-17+,22-19-,27-24-,28-26+,33-30+. The molecule has 3 N–H and O–H groups in total. The van der Waals surface area contributed by atoms with Gasteiger partial charge in [-0.05, 0) is 70.6 Å². The average Bonchev–Trinajstić information content (AvgIpc) is 3.18. The van der Waals surface area contributed by atoms with E-state index in [-0.39, 0.29) is 31.3 Å². The summed E-state index contributed by atoms with van der Waals surface area (Å²) in [5.41, 5.74) is 0. The fourth-order valence-corrected chi connectivity index (χ4v) is 6.00. The normalized spacial score (nSPS) is 14.3. The third-order valence-corrected chi connectivity index (χ3v) is 9.29. The van der Waals surface area contributed by atoms with E-state index >= 15 is 0 Å². The van der Waals surface area contributed by atoms with Crippen molar-refractivity contribution in [1.82, 2.24) is 5.32 Å². The molecule has 0 aliphatic carbocycles. The molecule has 0 saturated heterocycles. The largest absolute Gasteiger partial charge is 0.462 e. The van der Waals surface area contributed by atoms with Gasteiger partial charge >= 0.3 is 5.97 Å². The Hall–Kier alpha value is -3.22. The highest BCUT2D eigenvalue weighted by Crippen LogP contribution is 2.16. The minimum Gasteiger partial charge on any atom is -0.462 e. The van der Waals surface area contributed by atoms with Gasteiger partial charge in [0, 0.05) is 6.42 Å². The van der Waals surface area contributed by atoms with Crippen LogP contribution in [0.2, 0.25) is 0 Å². The molecule has 3 unspecified atom stereocenters. The molecule has 0 aromatic rings. The molecule has 0 saturated carbocycles. The minimum absolute atomic E-state index is 0.0167. The summed E-state index contributed by atoms with van der Waals surface area (Å²) < 4.78 is 5.83. The predicted octanol–water partition coefficient (Wildman–Crippen LogP) is 12.6. The van der Waals surface area contributed by atoms with Gasteiger partial charge in [0.2, 0.25) is 5.91 Å². The van der Waals surface area contributed by atoms with Gasteiger partial charge in [0.05, 0.1) is 25.2 Å². The average molecular weight is 764 g/mol. The van der Waals surface area contributed by atoms with Crippen molar-refractivity contribution in [2.24, 2.45) is 0 Å². The van der Waals surface area contributed by atoms with Crippen LogP contribution in [0.15, 0.2) is 97.2 Å². The van der Waals surface area contributed by atoms with Crippen molar-refractivity contribution in [3.8, 4) is 0 Å². The van der Waals surface area contributed by atoms with Crippen LogP contribution in [0.25, 0.3) is 0 Å². The van der Waals surface area contributed by atoms with E-state index < -0.39 is 18.2 Å². The zero-order valence-electron chi connectivity index (χ0n) is 35.3. The third-order valence-electron chi connectivity index (χ3n) is 9.29. The number of aliphatic hydroxyl groups is 2. The monoisotopic (exact) mass is 764 g/mol. The number of unbranched alkanes of at least 4 members (excludes halogenated alkanes) is 13. The summed E-state index contributed by atoms with van der Waals surface area (Å²) in [6.45, 7) is 6.15. The third kappa shape index (κ3) is 37.5. The highest BCUT2D eigenvalue weighted by atomic mass is 16.5. The first kappa shape index (κ1) is 51.8. The van der Waals surface area contributed by atoms with E-state index in [2.05, 4.69) is 68.6 Å². The van der Waals surface area contributed by atoms with Gasteiger partial charge in [-0.25, -0.2) is 0 Å². The van der Waals surface area contributed by atoms with Crippen molar-refractivity contribution in [2.75, 3.05) is 6.61 Å². The summed E-state index contributed by atoms with van der Waals surface area (Å²) in [5, 5.41) is 23.6. The summed E-state index contributed by atoms with van der Waals surface area (Å²) in [6.07, 6.45) is 54.7. The second-order valence-electron chi connectivity index (χ2n) is 14.5. The Morgan fingerprint density at radius 3 is 1.67 bits per heavy atom. The van der Waals surface area contributed by atoms with Crippen LogP contribution in [0.1, 0.15) is 175 Å². The molecule has 312 valence electrons. The lowest BCUT2D eigenvalue weighted by Crippen LogP contribution is -2.46. The number of amides is 1. The SMILES string of the molecule is CC/C=C/C=C/C=C\C=C/C=C/CCCC(=O)OC(CCCC/C=C/C/C=C/C/C=C/CC)CC(=O)NC(CO)C(O)CCCCCCCCCCCCC. The molecule has 0 aliphatic rings. The number of hydrogen-bond donors (Lipinski definition) is 3. The molecule has 0 aromatic heterocycles. The summed E-state index contributed by atoms with van der Waals surface area (Å²) >= 11 is 0. The van der Waals surface area contributed by atoms with Crippen LogP contribution in [-0.2, 0) is 14.3 Å². The minimum atomic E-state index is -0.813. The van der Waals surface area contributed by atoms with Crippen molar-refractivity contribution >= 4 is 11.9 Å². The summed E-state index contributed by atoms with van der Waals surface area (Å²) in [6, 6.07) is -0.732. The van der Waals surface area contributed by atoms with Crippen LogP contribution in [0.5, 0.6) is 0 Å². The highest BCUT2D eigenvalue weighted by Gasteiger charge is 2.24. The molecule has 6 nitrogen and oxygen atoms in total. The van der Waals surface area contributed by atoms with E-state index in [4.69, 9.17) is 4.74 Å². The van der Waals surface area contributed by atoms with Crippen LogP contribution in [0, 0.1) is 0 Å². The van der Waals surface area contributed by atoms with Gasteiger partial charge in [-0.1, -0.05) is 189 Å². The number of allylic oxidation sites excluding steroid dienone is 16. The van der Waals surface area contributed by atoms with Crippen molar-refractivity contribution in [3.05, 3.63) is 97.2 Å². The number of aliphatic hydroxyl groups excluding tert-OH is 2. The van der Waals surface area contributed by atoms with Gasteiger partial charge in [-0.2, -0.15) is 0 Å². The van der Waals surface area contributed by atoms with E-state index in [1.807, 2.05) is 54.7 Å². The number of esters is 1. The van der Waals surface area contributed by atoms with Gasteiger partial charge in [-0.15, -0.1) is 0 Å². The van der Waals surface area contributed by atoms with Crippen molar-refractivity contribution in [2.45, 2.75) is 193 Å². The lowest BCUT2D eigenvalue weighted by Gasteiger charge is -2.24. The summed E-state index contributed by atoms with van der Waals surface area (Å²) in [4.78, 5) is 25.9. The molecular formula is C49H81NO5. The van der Waals surface area contributed by atoms with Gasteiger partial charge in [0.1, 0.15) is 6.10 Å². The Kier molecular flexibility index (Phi) is 39.5. The molecule has 3 atom stereocenters. The molecule has 0 bridgehead atoms. The van der Waals surface area contributed by atoms with Gasteiger partial charge in [0.15, 0.2) is 0 Å². The van der Waals surface area contributed by atoms with E-state index in [1.165, 1.54) is 51.4 Å². The second-order valence-corrected chi connectivity index (χ2v) is 14.5. The van der Waals surface area contributed by atoms with E-state index in [9.17, 15) is 19.8 Å². The molecule has 0 rings (SSSR count). The summed E-state index contributed by atoms with van der Waals surface area (Å²) in [7, 11) is 0. The molecule has 0 spiro atoms. The quantitative estimate of drug-likeness (QED) is 0.0253. The number of rotatable bonds is 37. The molecular weight excluding hydrogens is 683 g/mol. The zero-order chi connectivity index (χ0) is 40.3. The predicted molar refractivity (Wildman–Crippen MR) is 236 cm³/mol. The maximum Gasteiger partial charge on any atom is 0.306 e. The second kappa shape index (κ2) is 41.9. The number of ether oxygens (including phenoxy) is 1. The van der Waals surface area contributed by atoms with Crippen molar-refractivity contribution in [1.29, 1.82) is 0 Å². The molecule has 1 amide bonds. The Morgan fingerprint density at radius 2 is 1.07 bits per heavy atom. The maximum atomic E-state index is 13.1. The number of hydrogen-bond acceptors (Lipinski definition) is 5. The molecule has 6 heteroatoms. The van der Waals surface area contributed by atoms with Crippen LogP contribution in [0.4, 0.5) is 0 Å². The lowest BCUT2D eigenvalue weighted by molar-refractivity contribution is -0.151. The zero-order valence-corrected chi connectivity index (χ0v) is 35.3. The van der Waals surface area contributed by atoms with Crippen LogP contribution < -0.4 is 5.32 Å². The van der Waals surface area contributed by atoms with E-state index in [1.54, 1.807) is 0 Å². The fourth-order valence-electron chi connectivity index (χ4n) is 6.00. The highest BCUT2D eigenvalue weighted by molar-refractivity contribution is 5.77. The molecule has 55 heavy (non-hydrogen) atoms. The van der Waals surface area contributed by atoms with E-state index in [0.717, 1.165) is 70.6 Å². The van der Waals surface area contributed by atoms with Crippen molar-refractivity contribution in [3.63, 3.8) is 0 Å². The number of carbonyl (C=O) groups excluding carboxylic acids is 2. The fraction of sp³-hybridized carbons (Fsp3) is 0.633. The van der Waals surface area contributed by atoms with Crippen LogP contribution >= 0.6 is 0 Å². The van der Waals surface area contributed by atoms with Gasteiger partial charge < -0.3 is 20.3 Å². The van der Waals surface area contributed by atoms with Crippen LogP contribution in [-0.4, -0.2) is 46.9 Å². The topological polar surface area (TPSA) is 95.9 Å². The molecule has 0 aromatic carbocycles. The Balaban J connectivity index is 4.81. The van der Waals surface area contributed by atoms with E-state index in [0.29, 0.717) is 19.3 Å². The Labute approximate surface area is 337 Å². The number of nitrogens with one attached hydrogen (secondary N) is 1.